The van der Waals surface area contributed by atoms with Crippen molar-refractivity contribution in [1.29, 1.82) is 0 Å². The molecule has 6 heteroatoms. The summed E-state index contributed by atoms with van der Waals surface area (Å²) >= 11 is 0. The minimum absolute atomic E-state index is 0.0454. The standard InChI is InChI=1S/C15H22N4O2/c1-11(2)19-9-8-18(10-13(19)14(20)16-3)15(21)12-4-6-17-7-5-12/h4-7,11,13H,8-10H2,1-3H3,(H,16,20). The largest absolute Gasteiger partial charge is 0.358 e. The van der Waals surface area contributed by atoms with E-state index in [1.165, 1.54) is 0 Å². The maximum absolute atomic E-state index is 12.5. The molecule has 2 rings (SSSR count). The molecule has 1 atom stereocenters. The first-order valence-electron chi connectivity index (χ1n) is 7.21. The summed E-state index contributed by atoms with van der Waals surface area (Å²) in [6, 6.07) is 3.37. The molecule has 1 N–H and O–H groups in total. The molecule has 0 aromatic carbocycles. The van der Waals surface area contributed by atoms with Crippen LogP contribution in [0.2, 0.25) is 0 Å². The lowest BCUT2D eigenvalue weighted by Crippen LogP contribution is -2.61. The van der Waals surface area contributed by atoms with E-state index in [1.807, 2.05) is 0 Å². The van der Waals surface area contributed by atoms with E-state index in [0.717, 1.165) is 0 Å². The number of carbonyl (C=O) groups is 2. The number of hydrogen-bond donors (Lipinski definition) is 1. The van der Waals surface area contributed by atoms with Gasteiger partial charge in [0.15, 0.2) is 0 Å². The summed E-state index contributed by atoms with van der Waals surface area (Å²) in [5.74, 6) is -0.0920. The summed E-state index contributed by atoms with van der Waals surface area (Å²) in [6.07, 6.45) is 3.21. The Hall–Kier alpha value is -1.95. The molecule has 2 heterocycles. The molecule has 1 aliphatic heterocycles. The number of nitrogens with zero attached hydrogens (tertiary/aromatic N) is 3. The van der Waals surface area contributed by atoms with E-state index >= 15 is 0 Å². The highest BCUT2D eigenvalue weighted by atomic mass is 16.2. The molecule has 0 bridgehead atoms. The number of hydrogen-bond acceptors (Lipinski definition) is 4. The molecule has 21 heavy (non-hydrogen) atoms. The zero-order chi connectivity index (χ0) is 15.4. The van der Waals surface area contributed by atoms with Gasteiger partial charge in [0.05, 0.1) is 0 Å². The summed E-state index contributed by atoms with van der Waals surface area (Å²) < 4.78 is 0. The molecule has 1 saturated heterocycles. The predicted octanol–water partition coefficient (Wildman–Crippen LogP) is 0.362. The van der Waals surface area contributed by atoms with E-state index in [2.05, 4.69) is 29.0 Å². The Kier molecular flexibility index (Phi) is 4.90. The van der Waals surface area contributed by atoms with Crippen LogP contribution in [0.25, 0.3) is 0 Å². The second kappa shape index (κ2) is 6.67. The third kappa shape index (κ3) is 3.39. The Labute approximate surface area is 125 Å². The van der Waals surface area contributed by atoms with Crippen molar-refractivity contribution in [3.8, 4) is 0 Å². The van der Waals surface area contributed by atoms with Gasteiger partial charge in [0.2, 0.25) is 5.91 Å². The number of piperazine rings is 1. The smallest absolute Gasteiger partial charge is 0.254 e. The van der Waals surface area contributed by atoms with Gasteiger partial charge in [-0.05, 0) is 26.0 Å². The lowest BCUT2D eigenvalue weighted by Gasteiger charge is -2.42. The Bertz CT molecular complexity index is 504. The van der Waals surface area contributed by atoms with Crippen molar-refractivity contribution in [2.24, 2.45) is 0 Å². The van der Waals surface area contributed by atoms with Gasteiger partial charge in [-0.25, -0.2) is 0 Å². The number of amides is 2. The van der Waals surface area contributed by atoms with Gasteiger partial charge in [-0.15, -0.1) is 0 Å². The monoisotopic (exact) mass is 290 g/mol. The molecule has 2 amide bonds. The maximum atomic E-state index is 12.5. The first-order chi connectivity index (χ1) is 10.0. The van der Waals surface area contributed by atoms with Crippen molar-refractivity contribution in [3.63, 3.8) is 0 Å². The van der Waals surface area contributed by atoms with Crippen LogP contribution in [0.4, 0.5) is 0 Å². The van der Waals surface area contributed by atoms with Gasteiger partial charge in [-0.2, -0.15) is 0 Å². The normalized spacial score (nSPS) is 19.6. The molecule has 1 aliphatic rings. The van der Waals surface area contributed by atoms with Gasteiger partial charge >= 0.3 is 0 Å². The van der Waals surface area contributed by atoms with E-state index in [4.69, 9.17) is 0 Å². The number of aromatic nitrogens is 1. The molecule has 1 fully saturated rings. The number of carbonyl (C=O) groups excluding carboxylic acids is 2. The Morgan fingerprint density at radius 2 is 1.95 bits per heavy atom. The van der Waals surface area contributed by atoms with E-state index in [9.17, 15) is 9.59 Å². The highest BCUT2D eigenvalue weighted by molar-refractivity contribution is 5.94. The maximum Gasteiger partial charge on any atom is 0.254 e. The molecule has 1 unspecified atom stereocenters. The van der Waals surface area contributed by atoms with Crippen LogP contribution in [-0.4, -0.2) is 65.4 Å². The number of nitrogens with one attached hydrogen (secondary N) is 1. The van der Waals surface area contributed by atoms with Gasteiger partial charge in [0, 0.05) is 50.7 Å². The second-order valence-corrected chi connectivity index (χ2v) is 5.45. The van der Waals surface area contributed by atoms with Crippen LogP contribution in [0, 0.1) is 0 Å². The predicted molar refractivity (Wildman–Crippen MR) is 79.8 cm³/mol. The van der Waals surface area contributed by atoms with E-state index < -0.39 is 0 Å². The minimum Gasteiger partial charge on any atom is -0.358 e. The topological polar surface area (TPSA) is 65.5 Å². The van der Waals surface area contributed by atoms with E-state index in [0.29, 0.717) is 25.2 Å². The Morgan fingerprint density at radius 3 is 2.52 bits per heavy atom. The van der Waals surface area contributed by atoms with Crippen LogP contribution in [0.3, 0.4) is 0 Å². The molecule has 0 aliphatic carbocycles. The van der Waals surface area contributed by atoms with Crippen molar-refractivity contribution in [2.45, 2.75) is 25.9 Å². The Morgan fingerprint density at radius 1 is 1.29 bits per heavy atom. The van der Waals surface area contributed by atoms with Gasteiger partial charge < -0.3 is 10.2 Å². The van der Waals surface area contributed by atoms with Crippen LogP contribution < -0.4 is 5.32 Å². The molecule has 1 aromatic heterocycles. The molecule has 6 nitrogen and oxygen atoms in total. The van der Waals surface area contributed by atoms with E-state index in [1.54, 1.807) is 36.5 Å². The van der Waals surface area contributed by atoms with Gasteiger partial charge in [0.25, 0.3) is 5.91 Å². The average Bonchev–Trinajstić information content (AvgIpc) is 2.53. The van der Waals surface area contributed by atoms with Crippen molar-refractivity contribution < 1.29 is 9.59 Å². The average molecular weight is 290 g/mol. The van der Waals surface area contributed by atoms with Gasteiger partial charge in [0.1, 0.15) is 6.04 Å². The molecule has 1 aromatic rings. The highest BCUT2D eigenvalue weighted by Crippen LogP contribution is 2.16. The molecule has 0 spiro atoms. The number of rotatable bonds is 3. The van der Waals surface area contributed by atoms with Crippen LogP contribution in [0.15, 0.2) is 24.5 Å². The lowest BCUT2D eigenvalue weighted by atomic mass is 10.1. The summed E-state index contributed by atoms with van der Waals surface area (Å²) in [4.78, 5) is 32.4. The van der Waals surface area contributed by atoms with Crippen molar-refractivity contribution in [2.75, 3.05) is 26.7 Å². The first kappa shape index (κ1) is 15.4. The van der Waals surface area contributed by atoms with Gasteiger partial charge in [-0.3, -0.25) is 19.5 Å². The van der Waals surface area contributed by atoms with E-state index in [-0.39, 0.29) is 23.9 Å². The van der Waals surface area contributed by atoms with Crippen LogP contribution in [-0.2, 0) is 4.79 Å². The summed E-state index contributed by atoms with van der Waals surface area (Å²) in [5.41, 5.74) is 0.610. The molecular formula is C15H22N4O2. The molecule has 0 saturated carbocycles. The Balaban J connectivity index is 2.14. The zero-order valence-corrected chi connectivity index (χ0v) is 12.7. The van der Waals surface area contributed by atoms with Gasteiger partial charge in [-0.1, -0.05) is 0 Å². The molecular weight excluding hydrogens is 268 g/mol. The SMILES string of the molecule is CNC(=O)C1CN(C(=O)c2ccncc2)CCN1C(C)C. The minimum atomic E-state index is -0.297. The summed E-state index contributed by atoms with van der Waals surface area (Å²) in [6.45, 7) is 5.88. The quantitative estimate of drug-likeness (QED) is 0.873. The fraction of sp³-hybridized carbons (Fsp3) is 0.533. The molecule has 0 radical (unpaired) electrons. The summed E-state index contributed by atoms with van der Waals surface area (Å²) in [5, 5.41) is 2.69. The van der Waals surface area contributed by atoms with Crippen molar-refractivity contribution in [1.82, 2.24) is 20.1 Å². The fourth-order valence-corrected chi connectivity index (χ4v) is 2.68. The number of pyridine rings is 1. The van der Waals surface area contributed by atoms with Crippen molar-refractivity contribution >= 4 is 11.8 Å². The first-order valence-corrected chi connectivity index (χ1v) is 7.21. The highest BCUT2D eigenvalue weighted by Gasteiger charge is 2.35. The van der Waals surface area contributed by atoms with Crippen LogP contribution in [0.1, 0.15) is 24.2 Å². The second-order valence-electron chi connectivity index (χ2n) is 5.45. The number of likely N-dealkylation sites (N-methyl/N-ethyl adjacent to an activating group) is 1. The van der Waals surface area contributed by atoms with Crippen LogP contribution in [0.5, 0.6) is 0 Å². The zero-order valence-electron chi connectivity index (χ0n) is 12.7. The lowest BCUT2D eigenvalue weighted by molar-refractivity contribution is -0.128. The third-order valence-corrected chi connectivity index (χ3v) is 3.85. The van der Waals surface area contributed by atoms with Crippen molar-refractivity contribution in [3.05, 3.63) is 30.1 Å². The fourth-order valence-electron chi connectivity index (χ4n) is 2.68. The summed E-state index contributed by atoms with van der Waals surface area (Å²) in [7, 11) is 1.63. The molecule has 114 valence electrons. The van der Waals surface area contributed by atoms with Crippen LogP contribution >= 0.6 is 0 Å². The third-order valence-electron chi connectivity index (χ3n) is 3.85.